The first-order valence-corrected chi connectivity index (χ1v) is 5.43. The first-order valence-electron chi connectivity index (χ1n) is 5.43. The summed E-state index contributed by atoms with van der Waals surface area (Å²) in [7, 11) is 1.47. The summed E-state index contributed by atoms with van der Waals surface area (Å²) in [4.78, 5) is 14.9. The fraction of sp³-hybridized carbons (Fsp3) is 0.250. The molecule has 1 aromatic heterocycles. The summed E-state index contributed by atoms with van der Waals surface area (Å²) in [6.45, 7) is 1.74. The van der Waals surface area contributed by atoms with Gasteiger partial charge in [0.2, 0.25) is 0 Å². The fourth-order valence-corrected chi connectivity index (χ4v) is 1.46. The molecule has 1 N–H and O–H groups in total. The zero-order valence-corrected chi connectivity index (χ0v) is 10.4. The molecule has 1 heterocycles. The lowest BCUT2D eigenvalue weighted by Gasteiger charge is -2.09. The minimum atomic E-state index is -1.04. The molecule has 0 spiro atoms. The van der Waals surface area contributed by atoms with Crippen LogP contribution in [-0.2, 0) is 6.61 Å². The van der Waals surface area contributed by atoms with Gasteiger partial charge in [-0.25, -0.2) is 4.79 Å². The van der Waals surface area contributed by atoms with Crippen molar-refractivity contribution in [1.82, 2.24) is 10.1 Å². The van der Waals surface area contributed by atoms with E-state index in [0.29, 0.717) is 23.2 Å². The van der Waals surface area contributed by atoms with Gasteiger partial charge in [-0.1, -0.05) is 5.16 Å². The molecular weight excluding hydrogens is 252 g/mol. The molecule has 0 amide bonds. The third-order valence-corrected chi connectivity index (χ3v) is 2.33. The van der Waals surface area contributed by atoms with E-state index < -0.39 is 5.97 Å². The van der Waals surface area contributed by atoms with Crippen LogP contribution in [0.4, 0.5) is 0 Å². The molecule has 0 aliphatic heterocycles. The normalized spacial score (nSPS) is 10.2. The summed E-state index contributed by atoms with van der Waals surface area (Å²) in [6.07, 6.45) is 0. The Morgan fingerprint density at radius 3 is 2.79 bits per heavy atom. The number of ether oxygens (including phenoxy) is 2. The van der Waals surface area contributed by atoms with Crippen molar-refractivity contribution in [3.05, 3.63) is 35.5 Å². The topological polar surface area (TPSA) is 94.7 Å². The van der Waals surface area contributed by atoms with Gasteiger partial charge in [0.15, 0.2) is 23.9 Å². The molecule has 0 aliphatic carbocycles. The van der Waals surface area contributed by atoms with Gasteiger partial charge in [0.1, 0.15) is 0 Å². The van der Waals surface area contributed by atoms with Crippen LogP contribution in [0.15, 0.2) is 22.7 Å². The van der Waals surface area contributed by atoms with E-state index in [1.807, 2.05) is 0 Å². The van der Waals surface area contributed by atoms with Crippen LogP contribution in [0.5, 0.6) is 11.5 Å². The van der Waals surface area contributed by atoms with Crippen LogP contribution >= 0.6 is 0 Å². The van der Waals surface area contributed by atoms with Gasteiger partial charge in [-0.2, -0.15) is 4.98 Å². The van der Waals surface area contributed by atoms with E-state index in [1.54, 1.807) is 6.92 Å². The molecule has 7 heteroatoms. The predicted molar refractivity (Wildman–Crippen MR) is 63.3 cm³/mol. The van der Waals surface area contributed by atoms with Crippen LogP contribution in [0.2, 0.25) is 0 Å². The Kier molecular flexibility index (Phi) is 3.65. The van der Waals surface area contributed by atoms with Crippen LogP contribution in [0.25, 0.3) is 0 Å². The van der Waals surface area contributed by atoms with Crippen LogP contribution in [0, 0.1) is 6.92 Å². The quantitative estimate of drug-likeness (QED) is 0.877. The van der Waals surface area contributed by atoms with Gasteiger partial charge in [-0.3, -0.25) is 0 Å². The van der Waals surface area contributed by atoms with Crippen molar-refractivity contribution in [2.24, 2.45) is 0 Å². The molecule has 19 heavy (non-hydrogen) atoms. The average Bonchev–Trinajstić information content (AvgIpc) is 2.81. The summed E-state index contributed by atoms with van der Waals surface area (Å²) in [5, 5.41) is 12.6. The third-order valence-electron chi connectivity index (χ3n) is 2.33. The van der Waals surface area contributed by atoms with Crippen molar-refractivity contribution in [3.63, 3.8) is 0 Å². The molecule has 0 bridgehead atoms. The standard InChI is InChI=1S/C12H12N2O5/c1-7-13-11(19-14-7)6-18-10-5-8(12(15)16)3-4-9(10)17-2/h3-5H,6H2,1-2H3,(H,15,16). The largest absolute Gasteiger partial charge is 0.493 e. The number of methoxy groups -OCH3 is 1. The number of rotatable bonds is 5. The van der Waals surface area contributed by atoms with E-state index in [4.69, 9.17) is 19.1 Å². The molecule has 0 radical (unpaired) electrons. The van der Waals surface area contributed by atoms with Gasteiger partial charge in [0.05, 0.1) is 12.7 Å². The molecule has 2 rings (SSSR count). The summed E-state index contributed by atoms with van der Waals surface area (Å²) < 4.78 is 15.4. The van der Waals surface area contributed by atoms with E-state index >= 15 is 0 Å². The van der Waals surface area contributed by atoms with Crippen LogP contribution in [0.3, 0.4) is 0 Å². The fourth-order valence-electron chi connectivity index (χ4n) is 1.46. The van der Waals surface area contributed by atoms with E-state index in [9.17, 15) is 4.79 Å². The van der Waals surface area contributed by atoms with Gasteiger partial charge in [-0.05, 0) is 25.1 Å². The summed E-state index contributed by atoms with van der Waals surface area (Å²) in [6, 6.07) is 4.34. The van der Waals surface area contributed by atoms with Crippen LogP contribution in [-0.4, -0.2) is 28.3 Å². The molecular formula is C12H12N2O5. The number of hydrogen-bond acceptors (Lipinski definition) is 6. The van der Waals surface area contributed by atoms with Crippen molar-refractivity contribution in [1.29, 1.82) is 0 Å². The van der Waals surface area contributed by atoms with Crippen LogP contribution < -0.4 is 9.47 Å². The molecule has 100 valence electrons. The Bertz CT molecular complexity index is 594. The second-order valence-corrected chi connectivity index (χ2v) is 3.69. The minimum Gasteiger partial charge on any atom is -0.493 e. The SMILES string of the molecule is COc1ccc(C(=O)O)cc1OCc1nc(C)no1. The lowest BCUT2D eigenvalue weighted by molar-refractivity contribution is 0.0696. The smallest absolute Gasteiger partial charge is 0.335 e. The number of benzene rings is 1. The van der Waals surface area contributed by atoms with Crippen molar-refractivity contribution in [2.45, 2.75) is 13.5 Å². The molecule has 7 nitrogen and oxygen atoms in total. The highest BCUT2D eigenvalue weighted by atomic mass is 16.5. The zero-order chi connectivity index (χ0) is 13.8. The number of carboxylic acids is 1. The highest BCUT2D eigenvalue weighted by molar-refractivity contribution is 5.88. The van der Waals surface area contributed by atoms with Gasteiger partial charge in [-0.15, -0.1) is 0 Å². The molecule has 0 saturated carbocycles. The molecule has 0 saturated heterocycles. The number of aryl methyl sites for hydroxylation is 1. The lowest BCUT2D eigenvalue weighted by atomic mass is 10.2. The maximum atomic E-state index is 10.9. The van der Waals surface area contributed by atoms with E-state index in [-0.39, 0.29) is 12.2 Å². The summed E-state index contributed by atoms with van der Waals surface area (Å²) >= 11 is 0. The van der Waals surface area contributed by atoms with Gasteiger partial charge in [0, 0.05) is 0 Å². The van der Waals surface area contributed by atoms with E-state index in [2.05, 4.69) is 10.1 Å². The van der Waals surface area contributed by atoms with E-state index in [0.717, 1.165) is 0 Å². The number of aromatic nitrogens is 2. The van der Waals surface area contributed by atoms with Crippen molar-refractivity contribution >= 4 is 5.97 Å². The molecule has 0 atom stereocenters. The molecule has 2 aromatic rings. The molecule has 0 fully saturated rings. The Labute approximate surface area is 108 Å². The van der Waals surface area contributed by atoms with Gasteiger partial charge in [0.25, 0.3) is 5.89 Å². The summed E-state index contributed by atoms with van der Waals surface area (Å²) in [5.74, 6) is 0.505. The van der Waals surface area contributed by atoms with Crippen molar-refractivity contribution in [2.75, 3.05) is 7.11 Å². The predicted octanol–water partition coefficient (Wildman–Crippen LogP) is 1.66. The Hall–Kier alpha value is -2.57. The first kappa shape index (κ1) is 12.9. The third kappa shape index (κ3) is 3.01. The van der Waals surface area contributed by atoms with Crippen molar-refractivity contribution < 1.29 is 23.9 Å². The Morgan fingerprint density at radius 2 is 2.21 bits per heavy atom. The minimum absolute atomic E-state index is 0.0419. The molecule has 1 aromatic carbocycles. The number of carbonyl (C=O) groups is 1. The number of hydrogen-bond donors (Lipinski definition) is 1. The maximum absolute atomic E-state index is 10.9. The molecule has 0 aliphatic rings. The van der Waals surface area contributed by atoms with Crippen LogP contribution in [0.1, 0.15) is 22.1 Å². The second-order valence-electron chi connectivity index (χ2n) is 3.69. The highest BCUT2D eigenvalue weighted by Crippen LogP contribution is 2.28. The van der Waals surface area contributed by atoms with Crippen molar-refractivity contribution in [3.8, 4) is 11.5 Å². The first-order chi connectivity index (χ1) is 9.10. The maximum Gasteiger partial charge on any atom is 0.335 e. The van der Waals surface area contributed by atoms with Gasteiger partial charge < -0.3 is 19.1 Å². The highest BCUT2D eigenvalue weighted by Gasteiger charge is 2.11. The zero-order valence-electron chi connectivity index (χ0n) is 10.4. The Balaban J connectivity index is 2.17. The second kappa shape index (κ2) is 5.38. The molecule has 0 unspecified atom stereocenters. The monoisotopic (exact) mass is 264 g/mol. The summed E-state index contributed by atoms with van der Waals surface area (Å²) in [5.41, 5.74) is 0.109. The Morgan fingerprint density at radius 1 is 1.42 bits per heavy atom. The van der Waals surface area contributed by atoms with E-state index in [1.165, 1.54) is 25.3 Å². The average molecular weight is 264 g/mol. The lowest BCUT2D eigenvalue weighted by Crippen LogP contribution is -2.01. The van der Waals surface area contributed by atoms with Gasteiger partial charge >= 0.3 is 5.97 Å². The number of aromatic carboxylic acids is 1. The number of nitrogens with zero attached hydrogens (tertiary/aromatic N) is 2. The number of carboxylic acid groups (broad SMARTS) is 1.